The molecule has 0 saturated heterocycles. The summed E-state index contributed by atoms with van der Waals surface area (Å²) in [7, 11) is 3.47. The predicted octanol–water partition coefficient (Wildman–Crippen LogP) is 1.51. The Morgan fingerprint density at radius 3 is 2.90 bits per heavy atom. The van der Waals surface area contributed by atoms with Gasteiger partial charge in [-0.25, -0.2) is 9.97 Å². The van der Waals surface area contributed by atoms with Crippen LogP contribution in [0.5, 0.6) is 0 Å². The zero-order valence-electron chi connectivity index (χ0n) is 12.8. The maximum atomic E-state index is 11.9. The van der Waals surface area contributed by atoms with Crippen LogP contribution in [0.1, 0.15) is 10.4 Å². The summed E-state index contributed by atoms with van der Waals surface area (Å²) in [5.74, 6) is 0.745. The number of anilines is 1. The van der Waals surface area contributed by atoms with Gasteiger partial charge in [0.25, 0.3) is 0 Å². The lowest BCUT2D eigenvalue weighted by molar-refractivity contribution is -0.119. The van der Waals surface area contributed by atoms with Crippen molar-refractivity contribution in [1.29, 1.82) is 0 Å². The molecular formula is C14H20N4O2S. The summed E-state index contributed by atoms with van der Waals surface area (Å²) in [6.45, 7) is 5.41. The van der Waals surface area contributed by atoms with E-state index in [1.54, 1.807) is 24.8 Å². The number of aromatic nitrogens is 2. The van der Waals surface area contributed by atoms with Crippen LogP contribution in [0.4, 0.5) is 5.82 Å². The highest BCUT2D eigenvalue weighted by molar-refractivity contribution is 7.18. The van der Waals surface area contributed by atoms with Crippen molar-refractivity contribution in [1.82, 2.24) is 15.3 Å². The Labute approximate surface area is 128 Å². The largest absolute Gasteiger partial charge is 0.383 e. The minimum atomic E-state index is -0.0501. The van der Waals surface area contributed by atoms with E-state index in [0.717, 1.165) is 16.0 Å². The molecule has 2 rings (SSSR count). The molecule has 21 heavy (non-hydrogen) atoms. The standard InChI is InChI=1S/C14H20N4O2S/c1-9-10(2)21-14-12(9)13(16-8-17-14)18(3)7-11(19)15-5-6-20-4/h8H,5-7H2,1-4H3,(H,15,19). The number of nitrogens with zero attached hydrogens (tertiary/aromatic N) is 3. The van der Waals surface area contributed by atoms with E-state index in [-0.39, 0.29) is 12.5 Å². The van der Waals surface area contributed by atoms with Gasteiger partial charge in [0, 0.05) is 25.6 Å². The number of amides is 1. The molecule has 1 N–H and O–H groups in total. The second-order valence-electron chi connectivity index (χ2n) is 4.86. The summed E-state index contributed by atoms with van der Waals surface area (Å²) in [4.78, 5) is 24.6. The number of nitrogens with one attached hydrogen (secondary N) is 1. The van der Waals surface area contributed by atoms with Gasteiger partial charge < -0.3 is 15.0 Å². The van der Waals surface area contributed by atoms with Crippen LogP contribution in [0, 0.1) is 13.8 Å². The molecule has 114 valence electrons. The number of carbonyl (C=O) groups excluding carboxylic acids is 1. The van der Waals surface area contributed by atoms with Gasteiger partial charge in [0.1, 0.15) is 17.0 Å². The Morgan fingerprint density at radius 1 is 1.43 bits per heavy atom. The number of aryl methyl sites for hydroxylation is 2. The van der Waals surface area contributed by atoms with Gasteiger partial charge in [0.2, 0.25) is 5.91 Å². The Balaban J connectivity index is 2.16. The third-order valence-corrected chi connectivity index (χ3v) is 4.43. The third-order valence-electron chi connectivity index (χ3n) is 3.32. The first-order chi connectivity index (χ1) is 10.0. The van der Waals surface area contributed by atoms with Crippen molar-refractivity contribution in [3.63, 3.8) is 0 Å². The molecule has 0 aliphatic carbocycles. The summed E-state index contributed by atoms with van der Waals surface area (Å²) in [6, 6.07) is 0. The Kier molecular flexibility index (Phi) is 5.08. The topological polar surface area (TPSA) is 67.3 Å². The molecule has 0 aliphatic heterocycles. The summed E-state index contributed by atoms with van der Waals surface area (Å²) < 4.78 is 4.91. The normalized spacial score (nSPS) is 10.9. The highest BCUT2D eigenvalue weighted by atomic mass is 32.1. The number of rotatable bonds is 6. The summed E-state index contributed by atoms with van der Waals surface area (Å²) in [6.07, 6.45) is 1.55. The van der Waals surface area contributed by atoms with Gasteiger partial charge >= 0.3 is 0 Å². The van der Waals surface area contributed by atoms with Crippen LogP contribution in [0.3, 0.4) is 0 Å². The Hall–Kier alpha value is -1.73. The highest BCUT2D eigenvalue weighted by Gasteiger charge is 2.16. The maximum absolute atomic E-state index is 11.9. The van der Waals surface area contributed by atoms with Gasteiger partial charge in [0.05, 0.1) is 18.5 Å². The van der Waals surface area contributed by atoms with E-state index in [0.29, 0.717) is 13.2 Å². The lowest BCUT2D eigenvalue weighted by atomic mass is 10.2. The monoisotopic (exact) mass is 308 g/mol. The number of thiophene rings is 1. The molecule has 0 radical (unpaired) electrons. The quantitative estimate of drug-likeness (QED) is 0.819. The molecule has 2 aromatic heterocycles. The van der Waals surface area contributed by atoms with Crippen LogP contribution in [-0.4, -0.2) is 49.7 Å². The van der Waals surface area contributed by atoms with Crippen molar-refractivity contribution in [2.24, 2.45) is 0 Å². The Morgan fingerprint density at radius 2 is 2.19 bits per heavy atom. The number of hydrogen-bond acceptors (Lipinski definition) is 6. The van der Waals surface area contributed by atoms with Gasteiger partial charge in [-0.3, -0.25) is 4.79 Å². The number of carbonyl (C=O) groups is 1. The number of fused-ring (bicyclic) bond motifs is 1. The first kappa shape index (κ1) is 15.7. The molecule has 0 atom stereocenters. The SMILES string of the molecule is COCCNC(=O)CN(C)c1ncnc2sc(C)c(C)c12. The first-order valence-electron chi connectivity index (χ1n) is 6.72. The van der Waals surface area contributed by atoms with Crippen molar-refractivity contribution in [2.75, 3.05) is 38.8 Å². The zero-order valence-corrected chi connectivity index (χ0v) is 13.6. The van der Waals surface area contributed by atoms with Crippen molar-refractivity contribution < 1.29 is 9.53 Å². The lowest BCUT2D eigenvalue weighted by Gasteiger charge is -2.18. The second-order valence-corrected chi connectivity index (χ2v) is 6.06. The van der Waals surface area contributed by atoms with E-state index >= 15 is 0 Å². The minimum Gasteiger partial charge on any atom is -0.383 e. The molecule has 6 nitrogen and oxygen atoms in total. The van der Waals surface area contributed by atoms with Crippen LogP contribution < -0.4 is 10.2 Å². The summed E-state index contributed by atoms with van der Waals surface area (Å²) >= 11 is 1.65. The predicted molar refractivity (Wildman–Crippen MR) is 85.0 cm³/mol. The van der Waals surface area contributed by atoms with E-state index in [2.05, 4.69) is 29.1 Å². The van der Waals surface area contributed by atoms with Crippen LogP contribution in [0.15, 0.2) is 6.33 Å². The molecule has 0 spiro atoms. The van der Waals surface area contributed by atoms with Gasteiger partial charge in [-0.05, 0) is 19.4 Å². The van der Waals surface area contributed by atoms with Crippen molar-refractivity contribution in [2.45, 2.75) is 13.8 Å². The molecule has 2 heterocycles. The maximum Gasteiger partial charge on any atom is 0.239 e. The highest BCUT2D eigenvalue weighted by Crippen LogP contribution is 2.33. The second kappa shape index (κ2) is 6.82. The molecule has 0 bridgehead atoms. The molecule has 0 aromatic carbocycles. The fourth-order valence-corrected chi connectivity index (χ4v) is 3.08. The molecular weight excluding hydrogens is 288 g/mol. The molecule has 0 saturated carbocycles. The molecule has 1 amide bonds. The molecule has 0 unspecified atom stereocenters. The zero-order chi connectivity index (χ0) is 15.4. The fraction of sp³-hybridized carbons (Fsp3) is 0.500. The number of likely N-dealkylation sites (N-methyl/N-ethyl adjacent to an activating group) is 1. The third kappa shape index (κ3) is 3.48. The summed E-state index contributed by atoms with van der Waals surface area (Å²) in [5.41, 5.74) is 1.18. The van der Waals surface area contributed by atoms with Gasteiger partial charge in [-0.1, -0.05) is 0 Å². The summed E-state index contributed by atoms with van der Waals surface area (Å²) in [5, 5.41) is 3.84. The molecule has 2 aromatic rings. The van der Waals surface area contributed by atoms with E-state index < -0.39 is 0 Å². The van der Waals surface area contributed by atoms with Gasteiger partial charge in [-0.2, -0.15) is 0 Å². The average molecular weight is 308 g/mol. The molecule has 7 heteroatoms. The number of methoxy groups -OCH3 is 1. The van der Waals surface area contributed by atoms with E-state index in [4.69, 9.17) is 4.74 Å². The van der Waals surface area contributed by atoms with Gasteiger partial charge in [0.15, 0.2) is 0 Å². The molecule has 0 fully saturated rings. The fourth-order valence-electron chi connectivity index (χ4n) is 2.09. The minimum absolute atomic E-state index is 0.0501. The first-order valence-corrected chi connectivity index (χ1v) is 7.53. The van der Waals surface area contributed by atoms with E-state index in [9.17, 15) is 4.79 Å². The average Bonchev–Trinajstić information content (AvgIpc) is 2.74. The van der Waals surface area contributed by atoms with E-state index in [1.807, 2.05) is 11.9 Å². The van der Waals surface area contributed by atoms with Crippen LogP contribution in [0.2, 0.25) is 0 Å². The Bertz CT molecular complexity index is 641. The number of hydrogen-bond donors (Lipinski definition) is 1. The molecule has 0 aliphatic rings. The van der Waals surface area contributed by atoms with E-state index in [1.165, 1.54) is 10.4 Å². The van der Waals surface area contributed by atoms with Crippen LogP contribution in [-0.2, 0) is 9.53 Å². The lowest BCUT2D eigenvalue weighted by Crippen LogP contribution is -2.37. The van der Waals surface area contributed by atoms with Crippen LogP contribution >= 0.6 is 11.3 Å². The smallest absolute Gasteiger partial charge is 0.239 e. The van der Waals surface area contributed by atoms with Crippen molar-refractivity contribution in [3.05, 3.63) is 16.8 Å². The van der Waals surface area contributed by atoms with Crippen molar-refractivity contribution in [3.8, 4) is 0 Å². The van der Waals surface area contributed by atoms with Crippen molar-refractivity contribution >= 4 is 33.3 Å². The van der Waals surface area contributed by atoms with Crippen LogP contribution in [0.25, 0.3) is 10.2 Å². The van der Waals surface area contributed by atoms with Gasteiger partial charge in [-0.15, -0.1) is 11.3 Å². The number of ether oxygens (including phenoxy) is 1.